The molecule has 0 spiro atoms. The average molecular weight is 389 g/mol. The van der Waals surface area contributed by atoms with E-state index in [9.17, 15) is 9.59 Å². The van der Waals surface area contributed by atoms with Gasteiger partial charge in [0.05, 0.1) is 12.0 Å². The van der Waals surface area contributed by atoms with Crippen molar-refractivity contribution in [2.24, 2.45) is 5.92 Å². The molecule has 0 bridgehead atoms. The Hall–Kier alpha value is -2.14. The summed E-state index contributed by atoms with van der Waals surface area (Å²) in [5.41, 5.74) is 0.745. The molecule has 1 saturated carbocycles. The Kier molecular flexibility index (Phi) is 9.77. The molecule has 154 valence electrons. The van der Waals surface area contributed by atoms with E-state index in [0.717, 1.165) is 50.4 Å². The first kappa shape index (κ1) is 22.2. The molecule has 0 aliphatic heterocycles. The predicted molar refractivity (Wildman–Crippen MR) is 109 cm³/mol. The molecular formula is C23H32O5. The van der Waals surface area contributed by atoms with Crippen molar-refractivity contribution in [1.82, 2.24) is 0 Å². The quantitative estimate of drug-likeness (QED) is 0.243. The second-order valence-electron chi connectivity index (χ2n) is 7.42. The molecule has 0 heterocycles. The van der Waals surface area contributed by atoms with Crippen LogP contribution < -0.4 is 4.74 Å². The monoisotopic (exact) mass is 388 g/mol. The molecule has 1 aliphatic carbocycles. The number of unbranched alkanes of at least 4 members (excludes halogenated alkanes) is 4. The van der Waals surface area contributed by atoms with Gasteiger partial charge in [0.2, 0.25) is 0 Å². The molecule has 0 aromatic heterocycles. The standard InChI is InChI=1S/C23H32O5/c1-2-3-4-5-6-17-27-20-14-10-19(11-15-20)23(26)28-21-12-7-18(8-13-21)9-16-22(24)25/h7-9,12-13,16,19-20H,2-6,10-11,14-15,17H2,1H3,(H,24,25). The minimum Gasteiger partial charge on any atom is -0.478 e. The van der Waals surface area contributed by atoms with Gasteiger partial charge in [-0.25, -0.2) is 4.79 Å². The fraction of sp³-hybridized carbons (Fsp3) is 0.565. The summed E-state index contributed by atoms with van der Waals surface area (Å²) in [5.74, 6) is -0.766. The van der Waals surface area contributed by atoms with E-state index in [1.54, 1.807) is 24.3 Å². The lowest BCUT2D eigenvalue weighted by atomic mass is 9.87. The highest BCUT2D eigenvalue weighted by Crippen LogP contribution is 2.28. The lowest BCUT2D eigenvalue weighted by molar-refractivity contribution is -0.141. The van der Waals surface area contributed by atoms with E-state index in [4.69, 9.17) is 14.6 Å². The van der Waals surface area contributed by atoms with Crippen LogP contribution in [0.3, 0.4) is 0 Å². The number of hydrogen-bond donors (Lipinski definition) is 1. The Bertz CT molecular complexity index is 627. The Morgan fingerprint density at radius 2 is 1.71 bits per heavy atom. The van der Waals surface area contributed by atoms with Crippen molar-refractivity contribution in [3.05, 3.63) is 35.9 Å². The van der Waals surface area contributed by atoms with Crippen LogP contribution in [0.5, 0.6) is 5.75 Å². The van der Waals surface area contributed by atoms with Crippen LogP contribution >= 0.6 is 0 Å². The van der Waals surface area contributed by atoms with Gasteiger partial charge in [-0.2, -0.15) is 0 Å². The largest absolute Gasteiger partial charge is 0.478 e. The van der Waals surface area contributed by atoms with Gasteiger partial charge in [0.25, 0.3) is 0 Å². The third kappa shape index (κ3) is 8.26. The van der Waals surface area contributed by atoms with Crippen molar-refractivity contribution in [1.29, 1.82) is 0 Å². The highest BCUT2D eigenvalue weighted by molar-refractivity contribution is 5.85. The first-order valence-corrected chi connectivity index (χ1v) is 10.4. The number of carbonyl (C=O) groups is 2. The zero-order chi connectivity index (χ0) is 20.2. The van der Waals surface area contributed by atoms with E-state index < -0.39 is 5.97 Å². The summed E-state index contributed by atoms with van der Waals surface area (Å²) in [6, 6.07) is 6.83. The van der Waals surface area contributed by atoms with Crippen molar-refractivity contribution in [2.45, 2.75) is 70.8 Å². The second kappa shape index (κ2) is 12.3. The molecule has 5 nitrogen and oxygen atoms in total. The molecule has 0 unspecified atom stereocenters. The minimum absolute atomic E-state index is 0.0732. The summed E-state index contributed by atoms with van der Waals surface area (Å²) in [4.78, 5) is 22.9. The topological polar surface area (TPSA) is 72.8 Å². The van der Waals surface area contributed by atoms with Crippen LogP contribution in [0.4, 0.5) is 0 Å². The van der Waals surface area contributed by atoms with Gasteiger partial charge in [0.1, 0.15) is 5.75 Å². The number of carboxylic acid groups (broad SMARTS) is 1. The van der Waals surface area contributed by atoms with Gasteiger partial charge >= 0.3 is 11.9 Å². The summed E-state index contributed by atoms with van der Waals surface area (Å²) in [5, 5.41) is 8.64. The van der Waals surface area contributed by atoms with E-state index in [0.29, 0.717) is 5.75 Å². The number of carbonyl (C=O) groups excluding carboxylic acids is 1. The number of aliphatic carboxylic acids is 1. The highest BCUT2D eigenvalue weighted by atomic mass is 16.5. The van der Waals surface area contributed by atoms with Gasteiger partial charge in [0, 0.05) is 12.7 Å². The van der Waals surface area contributed by atoms with Crippen molar-refractivity contribution in [3.8, 4) is 5.75 Å². The van der Waals surface area contributed by atoms with Crippen LogP contribution in [-0.4, -0.2) is 29.8 Å². The molecule has 1 aliphatic rings. The van der Waals surface area contributed by atoms with Crippen molar-refractivity contribution in [2.75, 3.05) is 6.61 Å². The van der Waals surface area contributed by atoms with Gasteiger partial charge in [-0.3, -0.25) is 4.79 Å². The Balaban J connectivity index is 1.67. The first-order valence-electron chi connectivity index (χ1n) is 10.4. The molecule has 28 heavy (non-hydrogen) atoms. The number of rotatable bonds is 11. The van der Waals surface area contributed by atoms with Crippen LogP contribution in [0.2, 0.25) is 0 Å². The third-order valence-corrected chi connectivity index (χ3v) is 5.13. The van der Waals surface area contributed by atoms with Crippen molar-refractivity contribution in [3.63, 3.8) is 0 Å². The van der Waals surface area contributed by atoms with Gasteiger partial charge in [-0.05, 0) is 55.9 Å². The molecule has 1 aromatic carbocycles. The Morgan fingerprint density at radius 1 is 1.04 bits per heavy atom. The van der Waals surface area contributed by atoms with Gasteiger partial charge < -0.3 is 14.6 Å². The maximum atomic E-state index is 12.4. The van der Waals surface area contributed by atoms with E-state index in [1.165, 1.54) is 31.8 Å². The normalized spacial score (nSPS) is 19.6. The molecule has 0 amide bonds. The number of carboxylic acids is 1. The maximum Gasteiger partial charge on any atom is 0.328 e. The maximum absolute atomic E-state index is 12.4. The fourth-order valence-electron chi connectivity index (χ4n) is 3.43. The van der Waals surface area contributed by atoms with Crippen LogP contribution in [0.15, 0.2) is 30.3 Å². The lowest BCUT2D eigenvalue weighted by Crippen LogP contribution is -2.29. The second-order valence-corrected chi connectivity index (χ2v) is 7.42. The van der Waals surface area contributed by atoms with Crippen LogP contribution in [-0.2, 0) is 14.3 Å². The molecule has 5 heteroatoms. The summed E-state index contributed by atoms with van der Waals surface area (Å²) in [6.45, 7) is 3.04. The van der Waals surface area contributed by atoms with Gasteiger partial charge in [-0.1, -0.05) is 44.7 Å². The molecule has 0 saturated heterocycles. The number of ether oxygens (including phenoxy) is 2. The molecule has 2 rings (SSSR count). The predicted octanol–water partition coefficient (Wildman–Crippen LogP) is 5.24. The van der Waals surface area contributed by atoms with E-state index >= 15 is 0 Å². The SMILES string of the molecule is CCCCCCCOC1CCC(C(=O)Oc2ccc(C=CC(=O)O)cc2)CC1. The Labute approximate surface area is 167 Å². The molecule has 0 atom stereocenters. The summed E-state index contributed by atoms with van der Waals surface area (Å²) < 4.78 is 11.4. The minimum atomic E-state index is -0.994. The van der Waals surface area contributed by atoms with Gasteiger partial charge in [-0.15, -0.1) is 0 Å². The zero-order valence-corrected chi connectivity index (χ0v) is 16.8. The zero-order valence-electron chi connectivity index (χ0n) is 16.8. The van der Waals surface area contributed by atoms with E-state index in [2.05, 4.69) is 6.92 Å². The first-order chi connectivity index (χ1) is 13.6. The number of hydrogen-bond acceptors (Lipinski definition) is 4. The lowest BCUT2D eigenvalue weighted by Gasteiger charge is -2.27. The molecule has 1 N–H and O–H groups in total. The fourth-order valence-corrected chi connectivity index (χ4v) is 3.43. The van der Waals surface area contributed by atoms with Crippen LogP contribution in [0.25, 0.3) is 6.08 Å². The smallest absolute Gasteiger partial charge is 0.328 e. The molecule has 1 fully saturated rings. The highest BCUT2D eigenvalue weighted by Gasteiger charge is 2.28. The van der Waals surface area contributed by atoms with Crippen molar-refractivity contribution >= 4 is 18.0 Å². The van der Waals surface area contributed by atoms with Crippen LogP contribution in [0.1, 0.15) is 70.3 Å². The third-order valence-electron chi connectivity index (χ3n) is 5.13. The van der Waals surface area contributed by atoms with Gasteiger partial charge in [0.15, 0.2) is 0 Å². The number of esters is 1. The van der Waals surface area contributed by atoms with E-state index in [-0.39, 0.29) is 18.0 Å². The average Bonchev–Trinajstić information content (AvgIpc) is 2.70. The summed E-state index contributed by atoms with van der Waals surface area (Å²) in [7, 11) is 0. The Morgan fingerprint density at radius 3 is 2.36 bits per heavy atom. The van der Waals surface area contributed by atoms with Crippen molar-refractivity contribution < 1.29 is 24.2 Å². The van der Waals surface area contributed by atoms with E-state index in [1.807, 2.05) is 0 Å². The molecular weight excluding hydrogens is 356 g/mol. The molecule has 0 radical (unpaired) electrons. The van der Waals surface area contributed by atoms with Crippen LogP contribution in [0, 0.1) is 5.92 Å². The molecule has 1 aromatic rings. The number of benzene rings is 1. The summed E-state index contributed by atoms with van der Waals surface area (Å²) in [6.07, 6.45) is 12.5. The summed E-state index contributed by atoms with van der Waals surface area (Å²) >= 11 is 0.